The summed E-state index contributed by atoms with van der Waals surface area (Å²) in [5.74, 6) is -0.971. The van der Waals surface area contributed by atoms with E-state index >= 15 is 0 Å². The molecule has 0 bridgehead atoms. The van der Waals surface area contributed by atoms with Crippen LogP contribution in [0.2, 0.25) is 5.02 Å². The Kier molecular flexibility index (Phi) is 3.51. The second-order valence-electron chi connectivity index (χ2n) is 2.34. The van der Waals surface area contributed by atoms with E-state index in [1.165, 1.54) is 6.08 Å². The van der Waals surface area contributed by atoms with Gasteiger partial charge in [0, 0.05) is 15.6 Å². The van der Waals surface area contributed by atoms with Crippen molar-refractivity contribution in [2.24, 2.45) is 0 Å². The van der Waals surface area contributed by atoms with Crippen LogP contribution in [-0.2, 0) is 4.79 Å². The summed E-state index contributed by atoms with van der Waals surface area (Å²) in [6, 6.07) is 5.16. The fourth-order valence-corrected chi connectivity index (χ4v) is 1.61. The van der Waals surface area contributed by atoms with E-state index in [0.29, 0.717) is 5.02 Å². The van der Waals surface area contributed by atoms with Crippen molar-refractivity contribution < 1.29 is 9.90 Å². The van der Waals surface area contributed by atoms with Crippen LogP contribution in [-0.4, -0.2) is 11.1 Å². The Labute approximate surface area is 89.0 Å². The summed E-state index contributed by atoms with van der Waals surface area (Å²) < 4.78 is 0.775. The van der Waals surface area contributed by atoms with E-state index in [1.54, 1.807) is 18.2 Å². The molecule has 0 radical (unpaired) electrons. The third kappa shape index (κ3) is 3.20. The zero-order chi connectivity index (χ0) is 9.84. The molecule has 1 rings (SSSR count). The quantitative estimate of drug-likeness (QED) is 0.830. The maximum atomic E-state index is 10.2. The predicted octanol–water partition coefficient (Wildman–Crippen LogP) is 3.20. The number of carboxylic acid groups (broad SMARTS) is 1. The molecule has 0 aliphatic heterocycles. The largest absolute Gasteiger partial charge is 0.478 e. The van der Waals surface area contributed by atoms with E-state index in [0.717, 1.165) is 16.1 Å². The van der Waals surface area contributed by atoms with Gasteiger partial charge in [0.1, 0.15) is 0 Å². The molecule has 0 heterocycles. The fraction of sp³-hybridized carbons (Fsp3) is 0. The first-order valence-electron chi connectivity index (χ1n) is 3.45. The van der Waals surface area contributed by atoms with Crippen molar-refractivity contribution >= 4 is 39.6 Å². The molecule has 0 aliphatic rings. The zero-order valence-electron chi connectivity index (χ0n) is 6.50. The Morgan fingerprint density at radius 2 is 2.23 bits per heavy atom. The van der Waals surface area contributed by atoms with Gasteiger partial charge in [0.05, 0.1) is 0 Å². The average molecular weight is 262 g/mol. The van der Waals surface area contributed by atoms with Gasteiger partial charge < -0.3 is 5.11 Å². The first-order valence-corrected chi connectivity index (χ1v) is 4.63. The summed E-state index contributed by atoms with van der Waals surface area (Å²) in [4.78, 5) is 10.2. The number of benzene rings is 1. The van der Waals surface area contributed by atoms with Gasteiger partial charge in [-0.05, 0) is 23.8 Å². The van der Waals surface area contributed by atoms with Crippen molar-refractivity contribution in [3.05, 3.63) is 39.3 Å². The van der Waals surface area contributed by atoms with Gasteiger partial charge in [-0.2, -0.15) is 0 Å². The van der Waals surface area contributed by atoms with Crippen molar-refractivity contribution in [3.8, 4) is 0 Å². The second kappa shape index (κ2) is 4.44. The lowest BCUT2D eigenvalue weighted by molar-refractivity contribution is -0.131. The Morgan fingerprint density at radius 3 is 2.77 bits per heavy atom. The Morgan fingerprint density at radius 1 is 1.54 bits per heavy atom. The highest BCUT2D eigenvalue weighted by atomic mass is 79.9. The summed E-state index contributed by atoms with van der Waals surface area (Å²) in [6.07, 6.45) is 2.58. The minimum absolute atomic E-state index is 0.611. The minimum Gasteiger partial charge on any atom is -0.478 e. The van der Waals surface area contributed by atoms with Crippen molar-refractivity contribution in [2.45, 2.75) is 0 Å². The van der Waals surface area contributed by atoms with Crippen LogP contribution in [0, 0.1) is 0 Å². The highest BCUT2D eigenvalue weighted by Gasteiger charge is 1.97. The summed E-state index contributed by atoms with van der Waals surface area (Å²) in [6.45, 7) is 0. The number of aliphatic carboxylic acids is 1. The number of halogens is 2. The van der Waals surface area contributed by atoms with Crippen LogP contribution in [0.3, 0.4) is 0 Å². The van der Waals surface area contributed by atoms with Crippen molar-refractivity contribution in [1.29, 1.82) is 0 Å². The van der Waals surface area contributed by atoms with Crippen LogP contribution >= 0.6 is 27.5 Å². The second-order valence-corrected chi connectivity index (χ2v) is 3.63. The van der Waals surface area contributed by atoms with Crippen molar-refractivity contribution in [2.75, 3.05) is 0 Å². The number of hydrogen-bond donors (Lipinski definition) is 1. The smallest absolute Gasteiger partial charge is 0.328 e. The molecule has 0 amide bonds. The molecule has 1 aromatic rings. The molecule has 13 heavy (non-hydrogen) atoms. The highest BCUT2D eigenvalue weighted by molar-refractivity contribution is 9.10. The Balaban J connectivity index is 2.96. The van der Waals surface area contributed by atoms with Gasteiger partial charge in [-0.1, -0.05) is 33.6 Å². The van der Waals surface area contributed by atoms with Crippen LogP contribution in [0.15, 0.2) is 28.7 Å². The lowest BCUT2D eigenvalue weighted by Gasteiger charge is -1.97. The lowest BCUT2D eigenvalue weighted by atomic mass is 10.2. The van der Waals surface area contributed by atoms with Gasteiger partial charge in [0.15, 0.2) is 0 Å². The first kappa shape index (κ1) is 10.3. The summed E-state index contributed by atoms with van der Waals surface area (Å²) >= 11 is 8.98. The Hall–Kier alpha value is -0.800. The van der Waals surface area contributed by atoms with Gasteiger partial charge in [-0.25, -0.2) is 4.79 Å². The summed E-state index contributed by atoms with van der Waals surface area (Å²) in [5.41, 5.74) is 0.784. The average Bonchev–Trinajstić information content (AvgIpc) is 2.02. The van der Waals surface area contributed by atoms with E-state index < -0.39 is 5.97 Å². The molecule has 0 spiro atoms. The molecule has 1 aromatic carbocycles. The third-order valence-corrected chi connectivity index (χ3v) is 2.29. The van der Waals surface area contributed by atoms with Gasteiger partial charge in [0.2, 0.25) is 0 Å². The standard InChI is InChI=1S/C9H6BrClO2/c10-8-5-7(11)3-1-6(8)2-4-9(12)13/h1-5H,(H,12,13)/b4-2+. The SMILES string of the molecule is O=C(O)/C=C/c1ccc(Cl)cc1Br. The molecule has 1 N–H and O–H groups in total. The molecule has 0 fully saturated rings. The molecule has 0 unspecified atom stereocenters. The minimum atomic E-state index is -0.971. The number of carbonyl (C=O) groups is 1. The third-order valence-electron chi connectivity index (χ3n) is 1.37. The molecule has 0 aromatic heterocycles. The van der Waals surface area contributed by atoms with Gasteiger partial charge in [-0.3, -0.25) is 0 Å². The number of carboxylic acids is 1. The Bertz CT molecular complexity index is 361. The van der Waals surface area contributed by atoms with E-state index in [-0.39, 0.29) is 0 Å². The summed E-state index contributed by atoms with van der Waals surface area (Å²) in [5, 5.41) is 9.00. The van der Waals surface area contributed by atoms with Gasteiger partial charge >= 0.3 is 5.97 Å². The van der Waals surface area contributed by atoms with Crippen LogP contribution < -0.4 is 0 Å². The first-order chi connectivity index (χ1) is 6.09. The van der Waals surface area contributed by atoms with Crippen LogP contribution in [0.1, 0.15) is 5.56 Å². The highest BCUT2D eigenvalue weighted by Crippen LogP contribution is 2.22. The van der Waals surface area contributed by atoms with Crippen molar-refractivity contribution in [3.63, 3.8) is 0 Å². The van der Waals surface area contributed by atoms with Crippen LogP contribution in [0.4, 0.5) is 0 Å². The van der Waals surface area contributed by atoms with E-state index in [2.05, 4.69) is 15.9 Å². The molecular formula is C9H6BrClO2. The number of rotatable bonds is 2. The maximum Gasteiger partial charge on any atom is 0.328 e. The van der Waals surface area contributed by atoms with Gasteiger partial charge in [0.25, 0.3) is 0 Å². The molecule has 4 heteroatoms. The van der Waals surface area contributed by atoms with Crippen molar-refractivity contribution in [1.82, 2.24) is 0 Å². The van der Waals surface area contributed by atoms with Gasteiger partial charge in [-0.15, -0.1) is 0 Å². The molecule has 0 saturated carbocycles. The molecule has 0 saturated heterocycles. The zero-order valence-corrected chi connectivity index (χ0v) is 8.84. The molecule has 0 aliphatic carbocycles. The topological polar surface area (TPSA) is 37.3 Å². The lowest BCUT2D eigenvalue weighted by Crippen LogP contribution is -1.86. The van der Waals surface area contributed by atoms with E-state index in [9.17, 15) is 4.79 Å². The van der Waals surface area contributed by atoms with E-state index in [4.69, 9.17) is 16.7 Å². The maximum absolute atomic E-state index is 10.2. The monoisotopic (exact) mass is 260 g/mol. The number of hydrogen-bond acceptors (Lipinski definition) is 1. The fourth-order valence-electron chi connectivity index (χ4n) is 0.798. The van der Waals surface area contributed by atoms with E-state index in [1.807, 2.05) is 0 Å². The van der Waals surface area contributed by atoms with Crippen LogP contribution in [0.25, 0.3) is 6.08 Å². The predicted molar refractivity (Wildman–Crippen MR) is 55.8 cm³/mol. The molecular weight excluding hydrogens is 255 g/mol. The molecule has 2 nitrogen and oxygen atoms in total. The van der Waals surface area contributed by atoms with Crippen LogP contribution in [0.5, 0.6) is 0 Å². The summed E-state index contributed by atoms with van der Waals surface area (Å²) in [7, 11) is 0. The normalized spacial score (nSPS) is 10.6. The molecule has 68 valence electrons. The molecule has 0 atom stereocenters.